The van der Waals surface area contributed by atoms with E-state index < -0.39 is 0 Å². The van der Waals surface area contributed by atoms with Gasteiger partial charge in [-0.1, -0.05) is 42.5 Å². The molecule has 0 unspecified atom stereocenters. The van der Waals surface area contributed by atoms with E-state index in [2.05, 4.69) is 76.5 Å². The van der Waals surface area contributed by atoms with Gasteiger partial charge in [0.1, 0.15) is 18.1 Å². The molecule has 0 aromatic heterocycles. The number of aryl methyl sites for hydroxylation is 2. The number of halogens is 2. The molecule has 1 saturated heterocycles. The van der Waals surface area contributed by atoms with Gasteiger partial charge in [0.15, 0.2) is 0 Å². The summed E-state index contributed by atoms with van der Waals surface area (Å²) >= 11 is 0. The molecule has 0 amide bonds. The van der Waals surface area contributed by atoms with Crippen LogP contribution in [0.4, 0.5) is 5.69 Å². The van der Waals surface area contributed by atoms with Gasteiger partial charge in [0.2, 0.25) is 0 Å². The Morgan fingerprint density at radius 2 is 1.43 bits per heavy atom. The summed E-state index contributed by atoms with van der Waals surface area (Å²) in [7, 11) is 0. The fourth-order valence-corrected chi connectivity index (χ4v) is 5.26. The maximum absolute atomic E-state index is 6.10. The predicted octanol–water partition coefficient (Wildman–Crippen LogP) is 6.75. The Kier molecular flexibility index (Phi) is 11.4. The number of para-hydroxylation sites is 2. The first-order valence-corrected chi connectivity index (χ1v) is 13.3. The second kappa shape index (κ2) is 14.5. The normalized spacial score (nSPS) is 15.2. The van der Waals surface area contributed by atoms with Crippen molar-refractivity contribution in [3.05, 3.63) is 89.0 Å². The molecule has 1 fully saturated rings. The molecular weight excluding hydrogens is 503 g/mol. The summed E-state index contributed by atoms with van der Waals surface area (Å²) < 4.78 is 11.9. The number of ether oxygens (including phenoxy) is 2. The minimum Gasteiger partial charge on any atom is -0.492 e. The molecule has 3 aromatic rings. The lowest BCUT2D eigenvalue weighted by atomic mass is 9.92. The van der Waals surface area contributed by atoms with Gasteiger partial charge in [0, 0.05) is 32.7 Å². The van der Waals surface area contributed by atoms with Gasteiger partial charge in [-0.25, -0.2) is 0 Å². The zero-order valence-corrected chi connectivity index (χ0v) is 23.5. The van der Waals surface area contributed by atoms with E-state index in [4.69, 9.17) is 9.47 Å². The molecular formula is C31H40Cl2N2O2. The molecule has 2 aliphatic rings. The zero-order chi connectivity index (χ0) is 23.9. The SMILES string of the molecule is CCOc1ccccc1N1CCN(CCc2ccc(COc3ccc4c(c3)CCCC4)cc2)CC1.Cl.Cl. The van der Waals surface area contributed by atoms with Crippen LogP contribution in [0.25, 0.3) is 0 Å². The zero-order valence-electron chi connectivity index (χ0n) is 21.9. The molecule has 37 heavy (non-hydrogen) atoms. The highest BCUT2D eigenvalue weighted by Crippen LogP contribution is 2.29. The molecule has 5 rings (SSSR count). The minimum absolute atomic E-state index is 0. The lowest BCUT2D eigenvalue weighted by Gasteiger charge is -2.36. The van der Waals surface area contributed by atoms with E-state index in [1.165, 1.54) is 53.6 Å². The van der Waals surface area contributed by atoms with Gasteiger partial charge >= 0.3 is 0 Å². The van der Waals surface area contributed by atoms with Gasteiger partial charge in [-0.2, -0.15) is 0 Å². The maximum Gasteiger partial charge on any atom is 0.142 e. The van der Waals surface area contributed by atoms with Crippen LogP contribution in [0.2, 0.25) is 0 Å². The monoisotopic (exact) mass is 542 g/mol. The summed E-state index contributed by atoms with van der Waals surface area (Å²) in [6.45, 7) is 8.75. The summed E-state index contributed by atoms with van der Waals surface area (Å²) in [5.41, 5.74) is 6.83. The van der Waals surface area contributed by atoms with Crippen molar-refractivity contribution in [1.29, 1.82) is 0 Å². The van der Waals surface area contributed by atoms with Crippen molar-refractivity contribution in [3.63, 3.8) is 0 Å². The standard InChI is InChI=1S/C31H38N2O2.2ClH/c1-2-34-31-10-6-5-9-30(31)33-21-19-32(20-22-33)18-17-25-11-13-26(14-12-25)24-35-29-16-15-27-7-3-4-8-28(27)23-29;;/h5-6,9-16,23H,2-4,7-8,17-22,24H2,1H3;2*1H. The third kappa shape index (κ3) is 7.80. The van der Waals surface area contributed by atoms with Gasteiger partial charge in [0.05, 0.1) is 12.3 Å². The number of hydrogen-bond acceptors (Lipinski definition) is 4. The van der Waals surface area contributed by atoms with E-state index in [0.29, 0.717) is 13.2 Å². The quantitative estimate of drug-likeness (QED) is 0.298. The fraction of sp³-hybridized carbons (Fsp3) is 0.419. The van der Waals surface area contributed by atoms with Crippen LogP contribution in [0.3, 0.4) is 0 Å². The Morgan fingerprint density at radius 3 is 2.19 bits per heavy atom. The molecule has 0 saturated carbocycles. The van der Waals surface area contributed by atoms with Crippen molar-refractivity contribution in [3.8, 4) is 11.5 Å². The van der Waals surface area contributed by atoms with Crippen molar-refractivity contribution in [2.75, 3.05) is 44.2 Å². The average Bonchev–Trinajstić information content (AvgIpc) is 2.92. The fourth-order valence-electron chi connectivity index (χ4n) is 5.26. The van der Waals surface area contributed by atoms with Crippen molar-refractivity contribution in [2.24, 2.45) is 0 Å². The van der Waals surface area contributed by atoms with E-state index in [9.17, 15) is 0 Å². The second-order valence-corrected chi connectivity index (χ2v) is 9.72. The molecule has 1 aliphatic carbocycles. The van der Waals surface area contributed by atoms with Crippen LogP contribution >= 0.6 is 24.8 Å². The molecule has 0 spiro atoms. The first-order valence-electron chi connectivity index (χ1n) is 13.3. The Bertz CT molecular complexity index is 1100. The van der Waals surface area contributed by atoms with E-state index in [1.807, 2.05) is 6.92 Å². The number of benzene rings is 3. The summed E-state index contributed by atoms with van der Waals surface area (Å²) in [4.78, 5) is 5.03. The maximum atomic E-state index is 6.10. The Balaban J connectivity index is 0.00000190. The molecule has 0 bridgehead atoms. The van der Waals surface area contributed by atoms with Crippen LogP contribution < -0.4 is 14.4 Å². The van der Waals surface area contributed by atoms with Gasteiger partial charge in [-0.3, -0.25) is 4.90 Å². The van der Waals surface area contributed by atoms with Crippen molar-refractivity contribution >= 4 is 30.5 Å². The van der Waals surface area contributed by atoms with Gasteiger partial charge in [-0.05, 0) is 85.5 Å². The minimum atomic E-state index is 0. The Labute approximate surface area is 234 Å². The van der Waals surface area contributed by atoms with Gasteiger partial charge in [-0.15, -0.1) is 24.8 Å². The molecule has 4 nitrogen and oxygen atoms in total. The van der Waals surface area contributed by atoms with Gasteiger partial charge < -0.3 is 14.4 Å². The highest BCUT2D eigenvalue weighted by Gasteiger charge is 2.19. The molecule has 200 valence electrons. The smallest absolute Gasteiger partial charge is 0.142 e. The van der Waals surface area contributed by atoms with Crippen LogP contribution in [0.1, 0.15) is 42.0 Å². The lowest BCUT2D eigenvalue weighted by molar-refractivity contribution is 0.259. The third-order valence-electron chi connectivity index (χ3n) is 7.34. The van der Waals surface area contributed by atoms with Crippen LogP contribution in [0, 0.1) is 0 Å². The number of hydrogen-bond donors (Lipinski definition) is 0. The number of anilines is 1. The summed E-state index contributed by atoms with van der Waals surface area (Å²) in [5, 5.41) is 0. The highest BCUT2D eigenvalue weighted by atomic mass is 35.5. The molecule has 0 N–H and O–H groups in total. The molecule has 0 atom stereocenters. The first kappa shape index (κ1) is 29.2. The molecule has 1 aliphatic heterocycles. The Morgan fingerprint density at radius 1 is 0.730 bits per heavy atom. The average molecular weight is 544 g/mol. The number of nitrogens with zero attached hydrogens (tertiary/aromatic N) is 2. The largest absolute Gasteiger partial charge is 0.492 e. The highest BCUT2D eigenvalue weighted by molar-refractivity contribution is 5.85. The van der Waals surface area contributed by atoms with E-state index in [0.717, 1.165) is 50.6 Å². The second-order valence-electron chi connectivity index (χ2n) is 9.72. The van der Waals surface area contributed by atoms with Crippen molar-refractivity contribution in [2.45, 2.75) is 45.6 Å². The predicted molar refractivity (Wildman–Crippen MR) is 158 cm³/mol. The number of fused-ring (bicyclic) bond motifs is 1. The van der Waals surface area contributed by atoms with E-state index in [-0.39, 0.29) is 24.8 Å². The lowest BCUT2D eigenvalue weighted by Crippen LogP contribution is -2.47. The van der Waals surface area contributed by atoms with Crippen LogP contribution in [-0.4, -0.2) is 44.2 Å². The number of piperazine rings is 1. The molecule has 6 heteroatoms. The van der Waals surface area contributed by atoms with Crippen LogP contribution in [0.15, 0.2) is 66.7 Å². The Hall–Kier alpha value is -2.40. The van der Waals surface area contributed by atoms with E-state index >= 15 is 0 Å². The van der Waals surface area contributed by atoms with E-state index in [1.54, 1.807) is 0 Å². The van der Waals surface area contributed by atoms with Crippen LogP contribution in [0.5, 0.6) is 11.5 Å². The molecule has 1 heterocycles. The summed E-state index contributed by atoms with van der Waals surface area (Å²) in [6.07, 6.45) is 6.11. The third-order valence-corrected chi connectivity index (χ3v) is 7.34. The van der Waals surface area contributed by atoms with Crippen molar-refractivity contribution in [1.82, 2.24) is 4.90 Å². The summed E-state index contributed by atoms with van der Waals surface area (Å²) in [6, 6.07) is 24.0. The topological polar surface area (TPSA) is 24.9 Å². The van der Waals surface area contributed by atoms with Gasteiger partial charge in [0.25, 0.3) is 0 Å². The summed E-state index contributed by atoms with van der Waals surface area (Å²) in [5.74, 6) is 2.00. The molecule has 3 aromatic carbocycles. The first-order chi connectivity index (χ1) is 17.3. The van der Waals surface area contributed by atoms with Crippen LogP contribution in [-0.2, 0) is 25.9 Å². The number of rotatable bonds is 9. The molecule has 0 radical (unpaired) electrons. The van der Waals surface area contributed by atoms with Crippen molar-refractivity contribution < 1.29 is 9.47 Å².